The molecule has 0 saturated carbocycles. The summed E-state index contributed by atoms with van der Waals surface area (Å²) in [6.45, 7) is 1.68. The average molecular weight is 388 g/mol. The summed E-state index contributed by atoms with van der Waals surface area (Å²) in [4.78, 5) is 26.9. The lowest BCUT2D eigenvalue weighted by Crippen LogP contribution is -2.41. The summed E-state index contributed by atoms with van der Waals surface area (Å²) in [6, 6.07) is 14.9. The Hall–Kier alpha value is -3.48. The van der Waals surface area contributed by atoms with Crippen LogP contribution >= 0.6 is 0 Å². The van der Waals surface area contributed by atoms with Crippen LogP contribution in [-0.2, 0) is 29.7 Å². The Labute approximate surface area is 167 Å². The van der Waals surface area contributed by atoms with Crippen LogP contribution in [0.3, 0.4) is 0 Å². The molecule has 0 bridgehead atoms. The number of hydrogen-bond acceptors (Lipinski definition) is 5. The van der Waals surface area contributed by atoms with Crippen molar-refractivity contribution >= 4 is 11.9 Å². The highest BCUT2D eigenvalue weighted by Gasteiger charge is 2.49. The minimum Gasteiger partial charge on any atom is -0.419 e. The smallest absolute Gasteiger partial charge is 0.325 e. The number of carbonyl (C=O) groups excluding carboxylic acids is 2. The summed E-state index contributed by atoms with van der Waals surface area (Å²) in [6.07, 6.45) is 3.21. The zero-order valence-electron chi connectivity index (χ0n) is 16.0. The molecular formula is C22H20N4O3. The highest BCUT2D eigenvalue weighted by Crippen LogP contribution is 2.33. The van der Waals surface area contributed by atoms with Gasteiger partial charge < -0.3 is 9.73 Å². The molecule has 7 heteroatoms. The van der Waals surface area contributed by atoms with E-state index in [9.17, 15) is 9.59 Å². The van der Waals surface area contributed by atoms with E-state index in [-0.39, 0.29) is 18.3 Å². The van der Waals surface area contributed by atoms with Gasteiger partial charge in [0.15, 0.2) is 0 Å². The Balaban J connectivity index is 1.39. The van der Waals surface area contributed by atoms with Crippen molar-refractivity contribution in [3.8, 4) is 11.5 Å². The molecule has 0 radical (unpaired) electrons. The van der Waals surface area contributed by atoms with E-state index >= 15 is 0 Å². The fraction of sp³-hybridized carbons (Fsp3) is 0.273. The molecule has 3 amide bonds. The lowest BCUT2D eigenvalue weighted by molar-refractivity contribution is -0.131. The number of imide groups is 1. The molecule has 1 aromatic heterocycles. The average Bonchev–Trinajstić information content (AvgIpc) is 3.44. The maximum Gasteiger partial charge on any atom is 0.325 e. The fourth-order valence-electron chi connectivity index (χ4n) is 4.07. The second-order valence-electron chi connectivity index (χ2n) is 7.65. The van der Waals surface area contributed by atoms with Crippen LogP contribution in [0, 0.1) is 0 Å². The number of benzene rings is 2. The molecule has 1 fully saturated rings. The molecule has 1 aliphatic heterocycles. The van der Waals surface area contributed by atoms with E-state index in [0.29, 0.717) is 5.89 Å². The molecule has 2 aliphatic rings. The van der Waals surface area contributed by atoms with Crippen molar-refractivity contribution in [1.82, 2.24) is 20.4 Å². The predicted octanol–water partition coefficient (Wildman–Crippen LogP) is 3.19. The molecule has 1 aliphatic carbocycles. The van der Waals surface area contributed by atoms with Crippen molar-refractivity contribution in [3.05, 3.63) is 71.1 Å². The topological polar surface area (TPSA) is 88.3 Å². The number of carbonyl (C=O) groups is 2. The van der Waals surface area contributed by atoms with Gasteiger partial charge in [-0.15, -0.1) is 10.2 Å². The van der Waals surface area contributed by atoms with Crippen LogP contribution in [0.1, 0.15) is 35.9 Å². The van der Waals surface area contributed by atoms with Crippen molar-refractivity contribution in [3.63, 3.8) is 0 Å². The predicted molar refractivity (Wildman–Crippen MR) is 105 cm³/mol. The van der Waals surface area contributed by atoms with E-state index in [1.807, 2.05) is 42.5 Å². The van der Waals surface area contributed by atoms with Crippen LogP contribution in [0.4, 0.5) is 4.79 Å². The van der Waals surface area contributed by atoms with Crippen molar-refractivity contribution in [2.75, 3.05) is 0 Å². The van der Waals surface area contributed by atoms with Crippen molar-refractivity contribution in [2.24, 2.45) is 0 Å². The Morgan fingerprint density at radius 2 is 1.86 bits per heavy atom. The first kappa shape index (κ1) is 17.6. The molecule has 3 aromatic rings. The number of aromatic nitrogens is 2. The van der Waals surface area contributed by atoms with Gasteiger partial charge in [-0.2, -0.15) is 0 Å². The van der Waals surface area contributed by atoms with Crippen LogP contribution in [0.25, 0.3) is 11.5 Å². The van der Waals surface area contributed by atoms with Gasteiger partial charge in [0, 0.05) is 5.56 Å². The minimum absolute atomic E-state index is 0.0645. The molecule has 7 nitrogen and oxygen atoms in total. The highest BCUT2D eigenvalue weighted by molar-refractivity contribution is 6.07. The SMILES string of the molecule is C[C@@]1(c2ccc3c(c2)CCC3)NC(=O)N(Cc2nnc(-c3ccccc3)o2)C1=O. The van der Waals surface area contributed by atoms with E-state index in [1.54, 1.807) is 6.92 Å². The van der Waals surface area contributed by atoms with Crippen LogP contribution in [0.15, 0.2) is 52.9 Å². The van der Waals surface area contributed by atoms with Gasteiger partial charge in [-0.3, -0.25) is 9.69 Å². The third kappa shape index (κ3) is 2.90. The Kier molecular flexibility index (Phi) is 3.97. The third-order valence-electron chi connectivity index (χ3n) is 5.73. The Morgan fingerprint density at radius 1 is 1.07 bits per heavy atom. The quantitative estimate of drug-likeness (QED) is 0.694. The fourth-order valence-corrected chi connectivity index (χ4v) is 4.07. The first-order valence-electron chi connectivity index (χ1n) is 9.69. The molecule has 1 N–H and O–H groups in total. The van der Waals surface area contributed by atoms with Gasteiger partial charge in [-0.1, -0.05) is 36.4 Å². The number of rotatable bonds is 4. The van der Waals surface area contributed by atoms with E-state index in [4.69, 9.17) is 4.42 Å². The number of urea groups is 1. The number of hydrogen-bond donors (Lipinski definition) is 1. The first-order chi connectivity index (χ1) is 14.0. The maximum atomic E-state index is 13.2. The normalized spacial score (nSPS) is 20.8. The van der Waals surface area contributed by atoms with E-state index in [0.717, 1.165) is 35.3 Å². The van der Waals surface area contributed by atoms with Gasteiger partial charge in [-0.05, 0) is 55.0 Å². The van der Waals surface area contributed by atoms with Crippen LogP contribution < -0.4 is 5.32 Å². The molecule has 146 valence electrons. The number of aryl methyl sites for hydroxylation is 2. The van der Waals surface area contributed by atoms with Gasteiger partial charge in [-0.25, -0.2) is 4.79 Å². The molecule has 5 rings (SSSR count). The van der Waals surface area contributed by atoms with Crippen LogP contribution in [0.5, 0.6) is 0 Å². The van der Waals surface area contributed by atoms with Crippen molar-refractivity contribution in [1.29, 1.82) is 0 Å². The summed E-state index contributed by atoms with van der Waals surface area (Å²) in [5.41, 5.74) is 3.07. The summed E-state index contributed by atoms with van der Waals surface area (Å²) >= 11 is 0. The van der Waals surface area contributed by atoms with Gasteiger partial charge >= 0.3 is 6.03 Å². The Bertz CT molecular complexity index is 1110. The summed E-state index contributed by atoms with van der Waals surface area (Å²) in [7, 11) is 0. The molecule has 1 saturated heterocycles. The first-order valence-corrected chi connectivity index (χ1v) is 9.69. The second-order valence-corrected chi connectivity index (χ2v) is 7.65. The molecule has 0 unspecified atom stereocenters. The highest BCUT2D eigenvalue weighted by atomic mass is 16.4. The summed E-state index contributed by atoms with van der Waals surface area (Å²) in [5, 5.41) is 10.9. The molecule has 1 atom stereocenters. The molecule has 0 spiro atoms. The molecule has 2 heterocycles. The summed E-state index contributed by atoms with van der Waals surface area (Å²) in [5.74, 6) is 0.250. The van der Waals surface area contributed by atoms with Gasteiger partial charge in [0.05, 0.1) is 0 Å². The van der Waals surface area contributed by atoms with Crippen LogP contribution in [0.2, 0.25) is 0 Å². The molecular weight excluding hydrogens is 368 g/mol. The standard InChI is InChI=1S/C22H20N4O3/c1-22(17-11-10-14-8-5-9-16(14)12-17)20(27)26(21(28)23-22)13-18-24-25-19(29-18)15-6-3-2-4-7-15/h2-4,6-7,10-12H,5,8-9,13H2,1H3,(H,23,28)/t22-/m0/s1. The van der Waals surface area contributed by atoms with Gasteiger partial charge in [0.2, 0.25) is 11.8 Å². The van der Waals surface area contributed by atoms with Crippen LogP contribution in [-0.4, -0.2) is 27.0 Å². The van der Waals surface area contributed by atoms with Crippen molar-refractivity contribution < 1.29 is 14.0 Å². The number of nitrogens with one attached hydrogen (secondary N) is 1. The number of amides is 3. The lowest BCUT2D eigenvalue weighted by Gasteiger charge is -2.23. The lowest BCUT2D eigenvalue weighted by atomic mass is 9.90. The monoisotopic (exact) mass is 388 g/mol. The Morgan fingerprint density at radius 3 is 2.69 bits per heavy atom. The van der Waals surface area contributed by atoms with Gasteiger partial charge in [0.1, 0.15) is 12.1 Å². The molecule has 29 heavy (non-hydrogen) atoms. The number of nitrogens with zero attached hydrogens (tertiary/aromatic N) is 3. The summed E-state index contributed by atoms with van der Waals surface area (Å²) < 4.78 is 5.67. The number of fused-ring (bicyclic) bond motifs is 1. The zero-order chi connectivity index (χ0) is 20.0. The van der Waals surface area contributed by atoms with E-state index < -0.39 is 11.6 Å². The zero-order valence-corrected chi connectivity index (χ0v) is 16.0. The minimum atomic E-state index is -1.10. The van der Waals surface area contributed by atoms with E-state index in [2.05, 4.69) is 21.6 Å². The maximum absolute atomic E-state index is 13.2. The van der Waals surface area contributed by atoms with Gasteiger partial charge in [0.25, 0.3) is 5.91 Å². The second kappa shape index (κ2) is 6.55. The molecule has 2 aromatic carbocycles. The van der Waals surface area contributed by atoms with Crippen molar-refractivity contribution in [2.45, 2.75) is 38.3 Å². The third-order valence-corrected chi connectivity index (χ3v) is 5.73. The largest absolute Gasteiger partial charge is 0.419 e. The van der Waals surface area contributed by atoms with E-state index in [1.165, 1.54) is 11.1 Å².